The molecule has 0 spiro atoms. The van der Waals surface area contributed by atoms with Crippen LogP contribution in [-0.2, 0) is 20.9 Å². The van der Waals surface area contributed by atoms with Gasteiger partial charge in [-0.05, 0) is 12.5 Å². The van der Waals surface area contributed by atoms with E-state index in [9.17, 15) is 15.0 Å². The van der Waals surface area contributed by atoms with Gasteiger partial charge in [-0.1, -0.05) is 37.3 Å². The van der Waals surface area contributed by atoms with E-state index in [2.05, 4.69) is 0 Å². The summed E-state index contributed by atoms with van der Waals surface area (Å²) >= 11 is 0. The highest BCUT2D eigenvalue weighted by molar-refractivity contribution is 5.81. The molecule has 0 amide bonds. The number of esters is 1. The molecule has 5 nitrogen and oxygen atoms in total. The Hall–Kier alpha value is -1.43. The maximum atomic E-state index is 12.0. The number of aliphatic hydroxyl groups excluding tert-OH is 1. The van der Waals surface area contributed by atoms with Gasteiger partial charge in [0.2, 0.25) is 0 Å². The van der Waals surface area contributed by atoms with Gasteiger partial charge in [0.25, 0.3) is 0 Å². The maximum absolute atomic E-state index is 12.0. The molecule has 0 aromatic heterocycles. The van der Waals surface area contributed by atoms with Crippen LogP contribution in [0, 0.1) is 5.92 Å². The third kappa shape index (κ3) is 2.49. The zero-order valence-electron chi connectivity index (χ0n) is 10.9. The van der Waals surface area contributed by atoms with Gasteiger partial charge < -0.3 is 19.7 Å². The van der Waals surface area contributed by atoms with Crippen LogP contribution in [0.1, 0.15) is 19.4 Å². The van der Waals surface area contributed by atoms with Crippen LogP contribution < -0.4 is 0 Å². The summed E-state index contributed by atoms with van der Waals surface area (Å²) in [4.78, 5) is 12.0. The molecule has 2 rings (SSSR count). The first-order valence-electron chi connectivity index (χ1n) is 6.23. The van der Waals surface area contributed by atoms with E-state index >= 15 is 0 Å². The number of ether oxygens (including phenoxy) is 2. The van der Waals surface area contributed by atoms with Crippen LogP contribution >= 0.6 is 0 Å². The lowest BCUT2D eigenvalue weighted by molar-refractivity contribution is -0.175. The van der Waals surface area contributed by atoms with Gasteiger partial charge in [-0.25, -0.2) is 4.79 Å². The monoisotopic (exact) mass is 266 g/mol. The molecule has 1 fully saturated rings. The van der Waals surface area contributed by atoms with Gasteiger partial charge in [0.15, 0.2) is 11.9 Å². The van der Waals surface area contributed by atoms with Crippen LogP contribution in [0.15, 0.2) is 30.3 Å². The Balaban J connectivity index is 2.03. The summed E-state index contributed by atoms with van der Waals surface area (Å²) in [5, 5.41) is 19.9. The number of aliphatic hydroxyl groups is 2. The number of hydrogen-bond acceptors (Lipinski definition) is 5. The molecule has 19 heavy (non-hydrogen) atoms. The smallest absolute Gasteiger partial charge is 0.341 e. The van der Waals surface area contributed by atoms with E-state index in [1.54, 1.807) is 6.92 Å². The molecule has 1 aromatic rings. The molecule has 1 aliphatic heterocycles. The van der Waals surface area contributed by atoms with Gasteiger partial charge in [-0.2, -0.15) is 0 Å². The molecule has 5 heteroatoms. The number of carbonyl (C=O) groups excluding carboxylic acids is 1. The van der Waals surface area contributed by atoms with Gasteiger partial charge in [0.05, 0.1) is 6.10 Å². The van der Waals surface area contributed by atoms with E-state index in [-0.39, 0.29) is 6.61 Å². The van der Waals surface area contributed by atoms with Crippen molar-refractivity contribution in [2.75, 3.05) is 0 Å². The second-order valence-corrected chi connectivity index (χ2v) is 4.84. The van der Waals surface area contributed by atoms with Gasteiger partial charge in [0.1, 0.15) is 6.61 Å². The average Bonchev–Trinajstić information content (AvgIpc) is 2.62. The third-order valence-corrected chi connectivity index (χ3v) is 3.62. The Morgan fingerprint density at radius 3 is 2.53 bits per heavy atom. The lowest BCUT2D eigenvalue weighted by atomic mass is 9.87. The first-order valence-corrected chi connectivity index (χ1v) is 6.23. The molecule has 1 heterocycles. The van der Waals surface area contributed by atoms with Crippen molar-refractivity contribution in [1.82, 2.24) is 0 Å². The molecule has 4 atom stereocenters. The van der Waals surface area contributed by atoms with Crippen LogP contribution in [0.3, 0.4) is 0 Å². The highest BCUT2D eigenvalue weighted by atomic mass is 16.6. The molecule has 0 saturated carbocycles. The fourth-order valence-corrected chi connectivity index (χ4v) is 2.21. The van der Waals surface area contributed by atoms with Crippen LogP contribution in [0.2, 0.25) is 0 Å². The molecular formula is C14H18O5. The summed E-state index contributed by atoms with van der Waals surface area (Å²) < 4.78 is 10.2. The largest absolute Gasteiger partial charge is 0.459 e. The maximum Gasteiger partial charge on any atom is 0.341 e. The van der Waals surface area contributed by atoms with Crippen LogP contribution in [-0.4, -0.2) is 34.2 Å². The van der Waals surface area contributed by atoms with Crippen molar-refractivity contribution in [1.29, 1.82) is 0 Å². The van der Waals surface area contributed by atoms with E-state index in [4.69, 9.17) is 9.47 Å². The van der Waals surface area contributed by atoms with Crippen LogP contribution in [0.4, 0.5) is 0 Å². The third-order valence-electron chi connectivity index (χ3n) is 3.62. The van der Waals surface area contributed by atoms with E-state index in [0.29, 0.717) is 0 Å². The SMILES string of the molecule is C[C@@H]1C(O)O[C@H](C)[C@]1(O)C(=O)OCc1ccccc1. The van der Waals surface area contributed by atoms with Crippen molar-refractivity contribution in [3.05, 3.63) is 35.9 Å². The Labute approximate surface area is 111 Å². The molecular weight excluding hydrogens is 248 g/mol. The minimum absolute atomic E-state index is 0.0809. The summed E-state index contributed by atoms with van der Waals surface area (Å²) in [6, 6.07) is 9.19. The van der Waals surface area contributed by atoms with Crippen molar-refractivity contribution >= 4 is 5.97 Å². The summed E-state index contributed by atoms with van der Waals surface area (Å²) in [6.45, 7) is 3.17. The number of carbonyl (C=O) groups is 1. The molecule has 1 saturated heterocycles. The number of benzene rings is 1. The Morgan fingerprint density at radius 1 is 1.37 bits per heavy atom. The minimum Gasteiger partial charge on any atom is -0.459 e. The molecule has 1 aliphatic rings. The Morgan fingerprint density at radius 2 is 2.00 bits per heavy atom. The van der Waals surface area contributed by atoms with Crippen LogP contribution in [0.25, 0.3) is 0 Å². The molecule has 1 unspecified atom stereocenters. The second-order valence-electron chi connectivity index (χ2n) is 4.84. The van der Waals surface area contributed by atoms with Gasteiger partial charge in [0, 0.05) is 5.92 Å². The molecule has 2 N–H and O–H groups in total. The molecule has 0 radical (unpaired) electrons. The predicted molar refractivity (Wildman–Crippen MR) is 66.9 cm³/mol. The van der Waals surface area contributed by atoms with Crippen molar-refractivity contribution in [3.8, 4) is 0 Å². The predicted octanol–water partition coefficient (Wildman–Crippen LogP) is 0.834. The lowest BCUT2D eigenvalue weighted by Gasteiger charge is -2.27. The van der Waals surface area contributed by atoms with E-state index in [0.717, 1.165) is 5.56 Å². The molecule has 0 aliphatic carbocycles. The topological polar surface area (TPSA) is 76.0 Å². The summed E-state index contributed by atoms with van der Waals surface area (Å²) in [5.74, 6) is -1.50. The fraction of sp³-hybridized carbons (Fsp3) is 0.500. The van der Waals surface area contributed by atoms with E-state index < -0.39 is 29.9 Å². The fourth-order valence-electron chi connectivity index (χ4n) is 2.21. The summed E-state index contributed by atoms with van der Waals surface area (Å²) in [5.41, 5.74) is -0.979. The lowest BCUT2D eigenvalue weighted by Crippen LogP contribution is -2.50. The van der Waals surface area contributed by atoms with Gasteiger partial charge in [-0.15, -0.1) is 0 Å². The highest BCUT2D eigenvalue weighted by Gasteiger charge is 2.57. The first-order chi connectivity index (χ1) is 8.96. The number of rotatable bonds is 3. The first kappa shape index (κ1) is 14.0. The van der Waals surface area contributed by atoms with Gasteiger partial charge >= 0.3 is 5.97 Å². The van der Waals surface area contributed by atoms with Crippen molar-refractivity contribution < 1.29 is 24.5 Å². The number of hydrogen-bond donors (Lipinski definition) is 2. The molecule has 104 valence electrons. The molecule has 0 bridgehead atoms. The van der Waals surface area contributed by atoms with E-state index in [1.807, 2.05) is 30.3 Å². The quantitative estimate of drug-likeness (QED) is 0.793. The van der Waals surface area contributed by atoms with Crippen LogP contribution in [0.5, 0.6) is 0 Å². The second kappa shape index (κ2) is 5.28. The van der Waals surface area contributed by atoms with Crippen molar-refractivity contribution in [2.45, 2.75) is 38.4 Å². The normalized spacial score (nSPS) is 34.2. The summed E-state index contributed by atoms with van der Waals surface area (Å²) in [6.07, 6.45) is -1.97. The Bertz CT molecular complexity index is 446. The zero-order chi connectivity index (χ0) is 14.0. The minimum atomic E-state index is -1.81. The zero-order valence-corrected chi connectivity index (χ0v) is 10.9. The average molecular weight is 266 g/mol. The highest BCUT2D eigenvalue weighted by Crippen LogP contribution is 2.36. The van der Waals surface area contributed by atoms with Crippen molar-refractivity contribution in [2.24, 2.45) is 5.92 Å². The summed E-state index contributed by atoms with van der Waals surface area (Å²) in [7, 11) is 0. The standard InChI is InChI=1S/C14H18O5/c1-9-12(15)19-10(2)14(9,17)13(16)18-8-11-6-4-3-5-7-11/h3-7,9-10,12,15,17H,8H2,1-2H3/t9-,10-,12?,14+/m1/s1. The molecule has 1 aromatic carbocycles. The Kier molecular flexibility index (Phi) is 3.89. The van der Waals surface area contributed by atoms with Gasteiger partial charge in [-0.3, -0.25) is 0 Å². The van der Waals surface area contributed by atoms with Crippen molar-refractivity contribution in [3.63, 3.8) is 0 Å². The van der Waals surface area contributed by atoms with E-state index in [1.165, 1.54) is 6.92 Å².